The molecule has 2 amide bonds. The van der Waals surface area contributed by atoms with Crippen molar-refractivity contribution in [2.45, 2.75) is 31.9 Å². The highest BCUT2D eigenvalue weighted by Crippen LogP contribution is 2.19. The van der Waals surface area contributed by atoms with Crippen LogP contribution in [0.5, 0.6) is 0 Å². The molecule has 0 aromatic carbocycles. The van der Waals surface area contributed by atoms with Crippen LogP contribution in [-0.2, 0) is 5.60 Å². The van der Waals surface area contributed by atoms with Crippen LogP contribution in [0, 0.1) is 0 Å². The van der Waals surface area contributed by atoms with Crippen molar-refractivity contribution in [3.8, 4) is 0 Å². The molecule has 2 unspecified atom stereocenters. The summed E-state index contributed by atoms with van der Waals surface area (Å²) in [6.45, 7) is 4.55. The van der Waals surface area contributed by atoms with Crippen molar-refractivity contribution in [1.29, 1.82) is 0 Å². The van der Waals surface area contributed by atoms with E-state index in [1.165, 1.54) is 6.26 Å². The van der Waals surface area contributed by atoms with Gasteiger partial charge in [-0.1, -0.05) is 0 Å². The SMILES string of the molecule is CC(CCN(C)C)NC(=O)NCC(C)(O)c1ccco1. The molecular weight excluding hydrogens is 258 g/mol. The Labute approximate surface area is 120 Å². The molecule has 0 spiro atoms. The molecule has 0 aliphatic carbocycles. The Morgan fingerprint density at radius 2 is 2.25 bits per heavy atom. The molecule has 114 valence electrons. The van der Waals surface area contributed by atoms with E-state index in [4.69, 9.17) is 4.42 Å². The Bertz CT molecular complexity index is 402. The van der Waals surface area contributed by atoms with Gasteiger partial charge in [0, 0.05) is 6.04 Å². The fourth-order valence-corrected chi connectivity index (χ4v) is 1.72. The molecule has 0 bridgehead atoms. The molecule has 0 aliphatic heterocycles. The predicted molar refractivity (Wildman–Crippen MR) is 77.4 cm³/mol. The van der Waals surface area contributed by atoms with Crippen LogP contribution in [0.4, 0.5) is 4.79 Å². The highest BCUT2D eigenvalue weighted by molar-refractivity contribution is 5.74. The lowest BCUT2D eigenvalue weighted by atomic mass is 10.0. The van der Waals surface area contributed by atoms with Gasteiger partial charge in [0.05, 0.1) is 12.8 Å². The fourth-order valence-electron chi connectivity index (χ4n) is 1.72. The van der Waals surface area contributed by atoms with Crippen molar-refractivity contribution in [3.63, 3.8) is 0 Å². The number of furan rings is 1. The van der Waals surface area contributed by atoms with Crippen LogP contribution in [0.1, 0.15) is 26.0 Å². The van der Waals surface area contributed by atoms with Gasteiger partial charge in [0.15, 0.2) is 0 Å². The number of nitrogens with zero attached hydrogens (tertiary/aromatic N) is 1. The van der Waals surface area contributed by atoms with Gasteiger partial charge in [0.1, 0.15) is 11.4 Å². The second-order valence-electron chi connectivity index (χ2n) is 5.57. The number of carbonyl (C=O) groups excluding carboxylic acids is 1. The summed E-state index contributed by atoms with van der Waals surface area (Å²) in [5.41, 5.74) is -1.21. The second kappa shape index (κ2) is 7.31. The average Bonchev–Trinajstić information content (AvgIpc) is 2.88. The number of nitrogens with one attached hydrogen (secondary N) is 2. The first-order chi connectivity index (χ1) is 9.31. The molecule has 1 rings (SSSR count). The topological polar surface area (TPSA) is 77.7 Å². The number of carbonyl (C=O) groups is 1. The van der Waals surface area contributed by atoms with E-state index in [2.05, 4.69) is 15.5 Å². The zero-order valence-corrected chi connectivity index (χ0v) is 12.6. The molecule has 0 fully saturated rings. The van der Waals surface area contributed by atoms with Crippen LogP contribution in [0.15, 0.2) is 22.8 Å². The van der Waals surface area contributed by atoms with Crippen molar-refractivity contribution in [2.24, 2.45) is 0 Å². The zero-order chi connectivity index (χ0) is 15.2. The summed E-state index contributed by atoms with van der Waals surface area (Å²) in [6, 6.07) is 3.17. The van der Waals surface area contributed by atoms with Gasteiger partial charge in [-0.25, -0.2) is 4.79 Å². The van der Waals surface area contributed by atoms with Crippen LogP contribution >= 0.6 is 0 Å². The Kier molecular flexibility index (Phi) is 6.04. The van der Waals surface area contributed by atoms with E-state index in [0.717, 1.165) is 13.0 Å². The maximum absolute atomic E-state index is 11.7. The van der Waals surface area contributed by atoms with Gasteiger partial charge in [-0.3, -0.25) is 0 Å². The lowest BCUT2D eigenvalue weighted by molar-refractivity contribution is 0.0366. The smallest absolute Gasteiger partial charge is 0.315 e. The summed E-state index contributed by atoms with van der Waals surface area (Å²) in [7, 11) is 3.99. The van der Waals surface area contributed by atoms with Gasteiger partial charge in [0.25, 0.3) is 0 Å². The van der Waals surface area contributed by atoms with Gasteiger partial charge < -0.3 is 25.1 Å². The van der Waals surface area contributed by atoms with Crippen molar-refractivity contribution in [3.05, 3.63) is 24.2 Å². The number of rotatable bonds is 7. The van der Waals surface area contributed by atoms with E-state index < -0.39 is 5.60 Å². The third-order valence-electron chi connectivity index (χ3n) is 3.03. The monoisotopic (exact) mass is 283 g/mol. The van der Waals surface area contributed by atoms with Gasteiger partial charge in [-0.2, -0.15) is 0 Å². The molecule has 1 aromatic rings. The molecule has 6 heteroatoms. The lowest BCUT2D eigenvalue weighted by Gasteiger charge is -2.22. The van der Waals surface area contributed by atoms with Crippen molar-refractivity contribution in [1.82, 2.24) is 15.5 Å². The van der Waals surface area contributed by atoms with Crippen LogP contribution in [0.2, 0.25) is 0 Å². The summed E-state index contributed by atoms with van der Waals surface area (Å²) < 4.78 is 5.15. The number of hydrogen-bond acceptors (Lipinski definition) is 4. The molecule has 20 heavy (non-hydrogen) atoms. The number of aliphatic hydroxyl groups is 1. The Morgan fingerprint density at radius 3 is 2.80 bits per heavy atom. The number of urea groups is 1. The van der Waals surface area contributed by atoms with E-state index in [1.54, 1.807) is 19.1 Å². The van der Waals surface area contributed by atoms with Crippen molar-refractivity contribution in [2.75, 3.05) is 27.2 Å². The molecular formula is C14H25N3O3. The quantitative estimate of drug-likeness (QED) is 0.701. The number of amides is 2. The summed E-state index contributed by atoms with van der Waals surface area (Å²) in [4.78, 5) is 13.8. The van der Waals surface area contributed by atoms with Gasteiger partial charge >= 0.3 is 6.03 Å². The minimum Gasteiger partial charge on any atom is -0.466 e. The first-order valence-electron chi connectivity index (χ1n) is 6.76. The lowest BCUT2D eigenvalue weighted by Crippen LogP contribution is -2.46. The molecule has 0 aliphatic rings. The zero-order valence-electron chi connectivity index (χ0n) is 12.6. The standard InChI is InChI=1S/C14H25N3O3/c1-11(7-8-17(3)4)16-13(18)15-10-14(2,19)12-6-5-9-20-12/h5-6,9,11,19H,7-8,10H2,1-4H3,(H2,15,16,18). The molecule has 1 heterocycles. The Balaban J connectivity index is 2.32. The van der Waals surface area contributed by atoms with Gasteiger partial charge in [-0.15, -0.1) is 0 Å². The summed E-state index contributed by atoms with van der Waals surface area (Å²) in [5.74, 6) is 0.429. The van der Waals surface area contributed by atoms with Crippen LogP contribution in [0.3, 0.4) is 0 Å². The van der Waals surface area contributed by atoms with Crippen LogP contribution in [0.25, 0.3) is 0 Å². The Morgan fingerprint density at radius 1 is 1.55 bits per heavy atom. The molecule has 6 nitrogen and oxygen atoms in total. The van der Waals surface area contributed by atoms with Crippen molar-refractivity contribution >= 4 is 6.03 Å². The predicted octanol–water partition coefficient (Wildman–Crippen LogP) is 1.13. The minimum absolute atomic E-state index is 0.0750. The summed E-state index contributed by atoms with van der Waals surface area (Å²) in [6.07, 6.45) is 2.36. The molecule has 2 atom stereocenters. The van der Waals surface area contributed by atoms with Gasteiger partial charge in [0.2, 0.25) is 0 Å². The molecule has 0 saturated carbocycles. The van der Waals surface area contributed by atoms with E-state index in [9.17, 15) is 9.90 Å². The normalized spacial score (nSPS) is 15.7. The highest BCUT2D eigenvalue weighted by Gasteiger charge is 2.26. The highest BCUT2D eigenvalue weighted by atomic mass is 16.4. The summed E-state index contributed by atoms with van der Waals surface area (Å²) in [5, 5.41) is 15.7. The van der Waals surface area contributed by atoms with E-state index in [-0.39, 0.29) is 18.6 Å². The largest absolute Gasteiger partial charge is 0.466 e. The van der Waals surface area contributed by atoms with E-state index in [1.807, 2.05) is 21.0 Å². The van der Waals surface area contributed by atoms with Crippen molar-refractivity contribution < 1.29 is 14.3 Å². The maximum Gasteiger partial charge on any atom is 0.315 e. The first kappa shape index (κ1) is 16.5. The average molecular weight is 283 g/mol. The molecule has 1 aromatic heterocycles. The van der Waals surface area contributed by atoms with Crippen LogP contribution < -0.4 is 10.6 Å². The third kappa shape index (κ3) is 5.63. The van der Waals surface area contributed by atoms with Gasteiger partial charge in [-0.05, 0) is 53.0 Å². The molecule has 3 N–H and O–H groups in total. The minimum atomic E-state index is -1.21. The first-order valence-corrected chi connectivity index (χ1v) is 6.76. The summed E-state index contributed by atoms with van der Waals surface area (Å²) >= 11 is 0. The number of hydrogen-bond donors (Lipinski definition) is 3. The van der Waals surface area contributed by atoms with E-state index >= 15 is 0 Å². The third-order valence-corrected chi connectivity index (χ3v) is 3.03. The molecule has 0 saturated heterocycles. The van der Waals surface area contributed by atoms with Crippen LogP contribution in [-0.4, -0.2) is 49.3 Å². The second-order valence-corrected chi connectivity index (χ2v) is 5.57. The molecule has 0 radical (unpaired) electrons. The maximum atomic E-state index is 11.7. The Hall–Kier alpha value is -1.53. The van der Waals surface area contributed by atoms with E-state index in [0.29, 0.717) is 5.76 Å². The fraction of sp³-hybridized carbons (Fsp3) is 0.643.